The van der Waals surface area contributed by atoms with Crippen molar-refractivity contribution >= 4 is 29.7 Å². The lowest BCUT2D eigenvalue weighted by atomic mass is 10.0. The summed E-state index contributed by atoms with van der Waals surface area (Å²) in [6, 6.07) is 5.10. The van der Waals surface area contributed by atoms with Gasteiger partial charge in [-0.1, -0.05) is 24.3 Å². The molecule has 2 aromatic rings. The van der Waals surface area contributed by atoms with E-state index in [1.54, 1.807) is 0 Å². The van der Waals surface area contributed by atoms with E-state index in [1.807, 2.05) is 0 Å². The van der Waals surface area contributed by atoms with Gasteiger partial charge in [0.1, 0.15) is 0 Å². The number of hydrogen-bond acceptors (Lipinski definition) is 2. The van der Waals surface area contributed by atoms with Gasteiger partial charge in [-0.3, -0.25) is 4.79 Å². The lowest BCUT2D eigenvalue weighted by Crippen LogP contribution is -2.16. The molecule has 0 aliphatic heterocycles. The van der Waals surface area contributed by atoms with Crippen molar-refractivity contribution in [3.05, 3.63) is 64.2 Å². The fourth-order valence-electron chi connectivity index (χ4n) is 2.84. The SMILES string of the molecule is O=C(O)c1cc(C=Cc2ccc(C(F)(F)F)cc2C(F)(F)F)ccc1NC(=O)C1CC1. The van der Waals surface area contributed by atoms with Crippen LogP contribution in [0.25, 0.3) is 12.2 Å². The number of rotatable bonds is 5. The van der Waals surface area contributed by atoms with Crippen molar-refractivity contribution in [1.82, 2.24) is 0 Å². The molecule has 0 saturated heterocycles. The molecule has 31 heavy (non-hydrogen) atoms. The number of hydrogen-bond donors (Lipinski definition) is 2. The largest absolute Gasteiger partial charge is 0.478 e. The lowest BCUT2D eigenvalue weighted by Gasteiger charge is -2.14. The molecule has 0 heterocycles. The fraction of sp³-hybridized carbons (Fsp3) is 0.238. The standard InChI is InChI=1S/C21H15F6NO3/c22-20(23,24)14-7-6-12(16(10-14)21(25,26)27)3-1-11-2-8-17(15(9-11)19(30)31)28-18(29)13-4-5-13/h1-3,6-10,13H,4-5H2,(H,28,29)(H,30,31). The number of carboxylic acids is 1. The summed E-state index contributed by atoms with van der Waals surface area (Å²) in [7, 11) is 0. The number of halogens is 6. The van der Waals surface area contributed by atoms with Gasteiger partial charge in [-0.05, 0) is 48.2 Å². The maximum Gasteiger partial charge on any atom is 0.417 e. The van der Waals surface area contributed by atoms with Gasteiger partial charge in [0.25, 0.3) is 0 Å². The average Bonchev–Trinajstić information content (AvgIpc) is 3.50. The van der Waals surface area contributed by atoms with Gasteiger partial charge in [0, 0.05) is 5.92 Å². The van der Waals surface area contributed by atoms with Gasteiger partial charge in [-0.2, -0.15) is 26.3 Å². The van der Waals surface area contributed by atoms with Crippen molar-refractivity contribution in [3.63, 3.8) is 0 Å². The number of amides is 1. The van der Waals surface area contributed by atoms with Crippen molar-refractivity contribution in [2.45, 2.75) is 25.2 Å². The summed E-state index contributed by atoms with van der Waals surface area (Å²) in [6.07, 6.45) is -6.43. The molecule has 0 radical (unpaired) electrons. The Labute approximate surface area is 172 Å². The Hall–Kier alpha value is -3.30. The zero-order valence-corrected chi connectivity index (χ0v) is 15.6. The van der Waals surface area contributed by atoms with Crippen molar-refractivity contribution in [1.29, 1.82) is 0 Å². The van der Waals surface area contributed by atoms with Crippen LogP contribution in [0.2, 0.25) is 0 Å². The molecule has 1 fully saturated rings. The molecule has 0 aromatic heterocycles. The number of nitrogens with one attached hydrogen (secondary N) is 1. The average molecular weight is 443 g/mol. The smallest absolute Gasteiger partial charge is 0.417 e. The Kier molecular flexibility index (Phi) is 5.84. The Bertz CT molecular complexity index is 1050. The minimum Gasteiger partial charge on any atom is -0.478 e. The van der Waals surface area contributed by atoms with Crippen molar-refractivity contribution in [2.24, 2.45) is 5.92 Å². The van der Waals surface area contributed by atoms with Gasteiger partial charge in [0.15, 0.2) is 0 Å². The molecular weight excluding hydrogens is 428 g/mol. The second kappa shape index (κ2) is 8.09. The summed E-state index contributed by atoms with van der Waals surface area (Å²) in [5, 5.41) is 11.9. The summed E-state index contributed by atoms with van der Waals surface area (Å²) < 4.78 is 78.0. The van der Waals surface area contributed by atoms with Gasteiger partial charge in [0.2, 0.25) is 5.91 Å². The minimum atomic E-state index is -5.02. The van der Waals surface area contributed by atoms with E-state index in [0.29, 0.717) is 25.0 Å². The van der Waals surface area contributed by atoms with Crippen LogP contribution in [-0.2, 0) is 17.1 Å². The predicted molar refractivity (Wildman–Crippen MR) is 100 cm³/mol. The van der Waals surface area contributed by atoms with E-state index in [4.69, 9.17) is 0 Å². The van der Waals surface area contributed by atoms with Gasteiger partial charge in [-0.25, -0.2) is 4.79 Å². The third-order valence-corrected chi connectivity index (χ3v) is 4.62. The summed E-state index contributed by atoms with van der Waals surface area (Å²) in [5.41, 5.74) is -3.43. The molecular formula is C21H15F6NO3. The van der Waals surface area contributed by atoms with Gasteiger partial charge in [-0.15, -0.1) is 0 Å². The minimum absolute atomic E-state index is 0.0266. The highest BCUT2D eigenvalue weighted by Crippen LogP contribution is 2.38. The molecule has 3 rings (SSSR count). The van der Waals surface area contributed by atoms with Crippen molar-refractivity contribution < 1.29 is 41.0 Å². The molecule has 2 N–H and O–H groups in total. The van der Waals surface area contributed by atoms with Gasteiger partial charge < -0.3 is 10.4 Å². The van der Waals surface area contributed by atoms with E-state index in [9.17, 15) is 41.0 Å². The van der Waals surface area contributed by atoms with Gasteiger partial charge in [0.05, 0.1) is 22.4 Å². The highest BCUT2D eigenvalue weighted by atomic mass is 19.4. The summed E-state index contributed by atoms with van der Waals surface area (Å²) in [5.74, 6) is -1.83. The monoisotopic (exact) mass is 443 g/mol. The molecule has 1 saturated carbocycles. The first kappa shape index (κ1) is 22.4. The second-order valence-electron chi connectivity index (χ2n) is 7.00. The summed E-state index contributed by atoms with van der Waals surface area (Å²) >= 11 is 0. The highest BCUT2D eigenvalue weighted by Gasteiger charge is 2.37. The molecule has 10 heteroatoms. The molecule has 164 valence electrons. The first-order valence-corrected chi connectivity index (χ1v) is 9.01. The first-order chi connectivity index (χ1) is 14.4. The normalized spacial score (nSPS) is 14.6. The lowest BCUT2D eigenvalue weighted by molar-refractivity contribution is -0.143. The maximum absolute atomic E-state index is 13.2. The van der Waals surface area contributed by atoms with E-state index in [2.05, 4.69) is 5.32 Å². The predicted octanol–water partition coefficient (Wildman–Crippen LogP) is 5.94. The summed E-state index contributed by atoms with van der Waals surface area (Å²) in [6.45, 7) is 0. The third kappa shape index (κ3) is 5.44. The molecule has 1 aliphatic carbocycles. The topological polar surface area (TPSA) is 66.4 Å². The molecule has 1 amide bonds. The van der Waals surface area contributed by atoms with Crippen LogP contribution in [0.1, 0.15) is 45.5 Å². The molecule has 0 atom stereocenters. The Morgan fingerprint density at radius 3 is 2.16 bits per heavy atom. The molecule has 1 aliphatic rings. The Balaban J connectivity index is 1.93. The van der Waals surface area contributed by atoms with E-state index in [-0.39, 0.29) is 34.7 Å². The van der Waals surface area contributed by atoms with Crippen LogP contribution in [-0.4, -0.2) is 17.0 Å². The number of aromatic carboxylic acids is 1. The quantitative estimate of drug-likeness (QED) is 0.444. The molecule has 0 unspecified atom stereocenters. The second-order valence-corrected chi connectivity index (χ2v) is 7.00. The fourth-order valence-corrected chi connectivity index (χ4v) is 2.84. The van der Waals surface area contributed by atoms with E-state index in [1.165, 1.54) is 12.1 Å². The van der Waals surface area contributed by atoms with Gasteiger partial charge >= 0.3 is 18.3 Å². The molecule has 0 spiro atoms. The number of alkyl halides is 6. The molecule has 2 aromatic carbocycles. The summed E-state index contributed by atoms with van der Waals surface area (Å²) in [4.78, 5) is 23.4. The molecule has 4 nitrogen and oxygen atoms in total. The zero-order chi connectivity index (χ0) is 23.0. The number of carbonyl (C=O) groups excluding carboxylic acids is 1. The Morgan fingerprint density at radius 2 is 1.61 bits per heavy atom. The third-order valence-electron chi connectivity index (χ3n) is 4.62. The van der Waals surface area contributed by atoms with E-state index >= 15 is 0 Å². The van der Waals surface area contributed by atoms with E-state index in [0.717, 1.165) is 18.2 Å². The van der Waals surface area contributed by atoms with Crippen LogP contribution in [0.15, 0.2) is 36.4 Å². The van der Waals surface area contributed by atoms with Crippen molar-refractivity contribution in [3.8, 4) is 0 Å². The van der Waals surface area contributed by atoms with E-state index < -0.39 is 35.0 Å². The van der Waals surface area contributed by atoms with Crippen LogP contribution in [0.5, 0.6) is 0 Å². The number of anilines is 1. The van der Waals surface area contributed by atoms with Crippen molar-refractivity contribution in [2.75, 3.05) is 5.32 Å². The zero-order valence-electron chi connectivity index (χ0n) is 15.6. The first-order valence-electron chi connectivity index (χ1n) is 9.01. The Morgan fingerprint density at radius 1 is 0.935 bits per heavy atom. The van der Waals surface area contributed by atoms with Crippen LogP contribution < -0.4 is 5.32 Å². The molecule has 0 bridgehead atoms. The highest BCUT2D eigenvalue weighted by molar-refractivity contribution is 6.02. The number of benzene rings is 2. The van der Waals surface area contributed by atoms with Crippen LogP contribution in [0.4, 0.5) is 32.0 Å². The number of carbonyl (C=O) groups is 2. The van der Waals surface area contributed by atoms with Crippen LogP contribution >= 0.6 is 0 Å². The van der Waals surface area contributed by atoms with Crippen LogP contribution in [0.3, 0.4) is 0 Å². The number of carboxylic acid groups (broad SMARTS) is 1. The maximum atomic E-state index is 13.2. The van der Waals surface area contributed by atoms with Crippen LogP contribution in [0, 0.1) is 5.92 Å².